The van der Waals surface area contributed by atoms with Gasteiger partial charge >= 0.3 is 5.97 Å². The van der Waals surface area contributed by atoms with E-state index < -0.39 is 5.97 Å². The van der Waals surface area contributed by atoms with E-state index in [1.54, 1.807) is 12.1 Å². The number of carbonyl (C=O) groups is 1. The van der Waals surface area contributed by atoms with Crippen molar-refractivity contribution >= 4 is 34.9 Å². The van der Waals surface area contributed by atoms with Crippen molar-refractivity contribution in [3.63, 3.8) is 0 Å². The zero-order valence-electron chi connectivity index (χ0n) is 14.8. The molecule has 0 fully saturated rings. The highest BCUT2D eigenvalue weighted by atomic mass is 35.5. The minimum Gasteiger partial charge on any atom is -0.490 e. The molecule has 2 rings (SSSR count). The quantitative estimate of drug-likeness (QED) is 0.616. The van der Waals surface area contributed by atoms with E-state index in [0.717, 1.165) is 5.56 Å². The van der Waals surface area contributed by atoms with E-state index >= 15 is 0 Å². The van der Waals surface area contributed by atoms with Crippen molar-refractivity contribution < 1.29 is 19.4 Å². The predicted molar refractivity (Wildman–Crippen MR) is 104 cm³/mol. The predicted octanol–water partition coefficient (Wildman–Crippen LogP) is 5.49. The molecule has 0 spiro atoms. The fourth-order valence-electron chi connectivity index (χ4n) is 2.31. The summed E-state index contributed by atoms with van der Waals surface area (Å²) < 4.78 is 11.4. The number of anilines is 1. The molecule has 140 valence electrons. The third kappa shape index (κ3) is 5.19. The second kappa shape index (κ2) is 9.01. The third-order valence-corrected chi connectivity index (χ3v) is 4.14. The smallest absolute Gasteiger partial charge is 0.335 e. The molecule has 2 aromatic carbocycles. The Morgan fingerprint density at radius 2 is 1.88 bits per heavy atom. The minimum absolute atomic E-state index is 0.00758. The maximum Gasteiger partial charge on any atom is 0.335 e. The lowest BCUT2D eigenvalue weighted by atomic mass is 10.1. The molecule has 0 aliphatic rings. The average Bonchev–Trinajstić information content (AvgIpc) is 2.56. The fourth-order valence-corrected chi connectivity index (χ4v) is 2.72. The Morgan fingerprint density at radius 3 is 2.50 bits per heavy atom. The van der Waals surface area contributed by atoms with Gasteiger partial charge in [0.15, 0.2) is 11.5 Å². The number of hydrogen-bond donors (Lipinski definition) is 2. The van der Waals surface area contributed by atoms with Crippen LogP contribution >= 0.6 is 23.2 Å². The molecule has 0 saturated carbocycles. The Balaban J connectivity index is 2.25. The number of carboxylic acid groups (broad SMARTS) is 1. The molecule has 0 saturated heterocycles. The lowest BCUT2D eigenvalue weighted by molar-refractivity contribution is 0.0697. The molecule has 0 heterocycles. The monoisotopic (exact) mass is 397 g/mol. The molecular weight excluding hydrogens is 377 g/mol. The van der Waals surface area contributed by atoms with Crippen molar-refractivity contribution in [3.8, 4) is 11.5 Å². The highest BCUT2D eigenvalue weighted by Crippen LogP contribution is 2.35. The SMILES string of the molecule is CCOc1cc(CNc2cc(C(=O)O)ccc2Cl)c(Cl)cc1OC(C)C. The molecular formula is C19H21Cl2NO4. The molecule has 26 heavy (non-hydrogen) atoms. The molecule has 0 aromatic heterocycles. The second-order valence-electron chi connectivity index (χ2n) is 5.84. The van der Waals surface area contributed by atoms with Crippen LogP contribution in [0.1, 0.15) is 36.7 Å². The highest BCUT2D eigenvalue weighted by molar-refractivity contribution is 6.33. The van der Waals surface area contributed by atoms with E-state index in [1.807, 2.05) is 26.8 Å². The Kier molecular flexibility index (Phi) is 7.00. The highest BCUT2D eigenvalue weighted by Gasteiger charge is 2.13. The fraction of sp³-hybridized carbons (Fsp3) is 0.316. The first-order valence-corrected chi connectivity index (χ1v) is 8.96. The van der Waals surface area contributed by atoms with Crippen LogP contribution in [0.25, 0.3) is 0 Å². The number of carboxylic acids is 1. The number of rotatable bonds is 8. The van der Waals surface area contributed by atoms with E-state index in [9.17, 15) is 4.79 Å². The number of hydrogen-bond acceptors (Lipinski definition) is 4. The normalized spacial score (nSPS) is 10.7. The molecule has 2 aromatic rings. The van der Waals surface area contributed by atoms with Crippen molar-refractivity contribution in [2.75, 3.05) is 11.9 Å². The van der Waals surface area contributed by atoms with E-state index in [0.29, 0.717) is 40.4 Å². The minimum atomic E-state index is -1.02. The third-order valence-electron chi connectivity index (χ3n) is 3.46. The first kappa shape index (κ1) is 20.2. The molecule has 0 unspecified atom stereocenters. The zero-order valence-corrected chi connectivity index (χ0v) is 16.3. The standard InChI is InChI=1S/C19H21Cl2NO4/c1-4-25-17-8-13(15(21)9-18(17)26-11(2)3)10-22-16-7-12(19(23)24)5-6-14(16)20/h5-9,11,22H,4,10H2,1-3H3,(H,23,24). The largest absolute Gasteiger partial charge is 0.490 e. The van der Waals surface area contributed by atoms with Gasteiger partial charge in [-0.3, -0.25) is 0 Å². The summed E-state index contributed by atoms with van der Waals surface area (Å²) in [4.78, 5) is 11.1. The average molecular weight is 398 g/mol. The summed E-state index contributed by atoms with van der Waals surface area (Å²) in [7, 11) is 0. The van der Waals surface area contributed by atoms with E-state index in [-0.39, 0.29) is 11.7 Å². The van der Waals surface area contributed by atoms with Gasteiger partial charge in [-0.2, -0.15) is 0 Å². The van der Waals surface area contributed by atoms with Crippen LogP contribution in [0.4, 0.5) is 5.69 Å². The number of aromatic carboxylic acids is 1. The Bertz CT molecular complexity index is 793. The number of benzene rings is 2. The van der Waals surface area contributed by atoms with Crippen molar-refractivity contribution in [2.45, 2.75) is 33.4 Å². The summed E-state index contributed by atoms with van der Waals surface area (Å²) in [6, 6.07) is 8.01. The number of halogens is 2. The van der Waals surface area contributed by atoms with Crippen molar-refractivity contribution in [3.05, 3.63) is 51.5 Å². The van der Waals surface area contributed by atoms with Crippen LogP contribution in [-0.4, -0.2) is 23.8 Å². The van der Waals surface area contributed by atoms with Gasteiger partial charge in [-0.1, -0.05) is 23.2 Å². The van der Waals surface area contributed by atoms with E-state index in [1.165, 1.54) is 12.1 Å². The van der Waals surface area contributed by atoms with Crippen LogP contribution in [0.15, 0.2) is 30.3 Å². The molecule has 2 N–H and O–H groups in total. The van der Waals surface area contributed by atoms with Gasteiger partial charge in [0.1, 0.15) is 0 Å². The van der Waals surface area contributed by atoms with Crippen LogP contribution in [0.2, 0.25) is 10.0 Å². The van der Waals surface area contributed by atoms with E-state index in [4.69, 9.17) is 37.8 Å². The summed E-state index contributed by atoms with van der Waals surface area (Å²) >= 11 is 12.5. The molecule has 0 aliphatic heterocycles. The Hall–Kier alpha value is -2.11. The number of nitrogens with one attached hydrogen (secondary N) is 1. The van der Waals surface area contributed by atoms with Gasteiger partial charge in [0, 0.05) is 17.6 Å². The molecule has 7 heteroatoms. The van der Waals surface area contributed by atoms with Crippen LogP contribution in [0, 0.1) is 0 Å². The van der Waals surface area contributed by atoms with Gasteiger partial charge < -0.3 is 19.9 Å². The van der Waals surface area contributed by atoms with Crippen molar-refractivity contribution in [2.24, 2.45) is 0 Å². The van der Waals surface area contributed by atoms with Crippen LogP contribution in [-0.2, 0) is 6.54 Å². The zero-order chi connectivity index (χ0) is 19.3. The molecule has 0 radical (unpaired) electrons. The summed E-state index contributed by atoms with van der Waals surface area (Å²) in [5.41, 5.74) is 1.45. The van der Waals surface area contributed by atoms with Gasteiger partial charge in [-0.15, -0.1) is 0 Å². The summed E-state index contributed by atoms with van der Waals surface area (Å²) in [5, 5.41) is 13.2. The van der Waals surface area contributed by atoms with Gasteiger partial charge in [0.05, 0.1) is 29.0 Å². The van der Waals surface area contributed by atoms with Crippen molar-refractivity contribution in [1.29, 1.82) is 0 Å². The Labute approximate surface area is 162 Å². The van der Waals surface area contributed by atoms with Crippen LogP contribution < -0.4 is 14.8 Å². The molecule has 0 amide bonds. The van der Waals surface area contributed by atoms with Gasteiger partial charge in [0.2, 0.25) is 0 Å². The maximum atomic E-state index is 11.1. The summed E-state index contributed by atoms with van der Waals surface area (Å²) in [6.45, 7) is 6.59. The molecule has 0 atom stereocenters. The lowest BCUT2D eigenvalue weighted by Crippen LogP contribution is -2.09. The number of ether oxygens (including phenoxy) is 2. The van der Waals surface area contributed by atoms with Crippen molar-refractivity contribution in [1.82, 2.24) is 0 Å². The van der Waals surface area contributed by atoms with Crippen LogP contribution in [0.3, 0.4) is 0 Å². The van der Waals surface area contributed by atoms with E-state index in [2.05, 4.69) is 5.32 Å². The van der Waals surface area contributed by atoms with Crippen LogP contribution in [0.5, 0.6) is 11.5 Å². The Morgan fingerprint density at radius 1 is 1.15 bits per heavy atom. The topological polar surface area (TPSA) is 67.8 Å². The maximum absolute atomic E-state index is 11.1. The van der Waals surface area contributed by atoms with Gasteiger partial charge in [0.25, 0.3) is 0 Å². The molecule has 0 bridgehead atoms. The summed E-state index contributed by atoms with van der Waals surface area (Å²) in [5.74, 6) is 0.172. The second-order valence-corrected chi connectivity index (χ2v) is 6.66. The molecule has 5 nitrogen and oxygen atoms in total. The first-order chi connectivity index (χ1) is 12.3. The van der Waals surface area contributed by atoms with Gasteiger partial charge in [-0.25, -0.2) is 4.79 Å². The first-order valence-electron chi connectivity index (χ1n) is 8.20. The van der Waals surface area contributed by atoms with Gasteiger partial charge in [-0.05, 0) is 50.6 Å². The summed E-state index contributed by atoms with van der Waals surface area (Å²) in [6.07, 6.45) is -0.00758. The lowest BCUT2D eigenvalue weighted by Gasteiger charge is -2.17. The molecule has 0 aliphatic carbocycles.